The molecule has 2 aromatic rings. The van der Waals surface area contributed by atoms with E-state index in [-0.39, 0.29) is 12.1 Å². The first-order chi connectivity index (χ1) is 12.4. The Morgan fingerprint density at radius 3 is 2.62 bits per heavy atom. The lowest BCUT2D eigenvalue weighted by Crippen LogP contribution is -2.36. The minimum atomic E-state index is -3.96. The molecule has 3 rings (SSSR count). The van der Waals surface area contributed by atoms with Gasteiger partial charge in [-0.3, -0.25) is 4.79 Å². The maximum absolute atomic E-state index is 14.2. The molecule has 1 aliphatic heterocycles. The lowest BCUT2D eigenvalue weighted by molar-refractivity contribution is 0.0775. The van der Waals surface area contributed by atoms with Gasteiger partial charge in [0.15, 0.2) is 0 Å². The molecule has 140 valence electrons. The highest BCUT2D eigenvalue weighted by molar-refractivity contribution is 7.89. The molecule has 1 amide bonds. The topological polar surface area (TPSA) is 70.8 Å². The summed E-state index contributed by atoms with van der Waals surface area (Å²) in [5.74, 6) is -0.651. The highest BCUT2D eigenvalue weighted by atomic mass is 32.2. The summed E-state index contributed by atoms with van der Waals surface area (Å²) in [6.45, 7) is 0.980. The summed E-state index contributed by atoms with van der Waals surface area (Å²) < 4.78 is 46.3. The molecular formula is C18H21FN2O4S. The van der Waals surface area contributed by atoms with E-state index in [0.717, 1.165) is 31.4 Å². The van der Waals surface area contributed by atoms with E-state index in [4.69, 9.17) is 4.42 Å². The van der Waals surface area contributed by atoms with Gasteiger partial charge in [-0.15, -0.1) is 0 Å². The minimum absolute atomic E-state index is 0.121. The van der Waals surface area contributed by atoms with Crippen LogP contribution in [0.15, 0.2) is 45.9 Å². The molecule has 0 bridgehead atoms. The SMILES string of the molecule is CN(Cc1ccco1)C(=O)c1ccc(F)c(S(=O)(=O)N2CCCCC2)c1. The monoisotopic (exact) mass is 380 g/mol. The van der Waals surface area contributed by atoms with Crippen molar-refractivity contribution in [3.05, 3.63) is 53.7 Å². The second-order valence-corrected chi connectivity index (χ2v) is 8.26. The first-order valence-corrected chi connectivity index (χ1v) is 9.91. The molecule has 0 radical (unpaired) electrons. The van der Waals surface area contributed by atoms with Crippen LogP contribution in [-0.2, 0) is 16.6 Å². The molecule has 1 saturated heterocycles. The van der Waals surface area contributed by atoms with Gasteiger partial charge < -0.3 is 9.32 Å². The smallest absolute Gasteiger partial charge is 0.254 e. The van der Waals surface area contributed by atoms with Crippen LogP contribution in [0.4, 0.5) is 4.39 Å². The average Bonchev–Trinajstić information content (AvgIpc) is 3.15. The van der Waals surface area contributed by atoms with Crippen LogP contribution in [-0.4, -0.2) is 43.7 Å². The molecule has 26 heavy (non-hydrogen) atoms. The molecule has 8 heteroatoms. The Morgan fingerprint density at radius 1 is 1.23 bits per heavy atom. The molecule has 1 aromatic heterocycles. The molecule has 1 aromatic carbocycles. The van der Waals surface area contributed by atoms with Crippen molar-refractivity contribution < 1.29 is 22.0 Å². The van der Waals surface area contributed by atoms with Crippen molar-refractivity contribution >= 4 is 15.9 Å². The zero-order valence-corrected chi connectivity index (χ0v) is 15.3. The van der Waals surface area contributed by atoms with E-state index in [0.29, 0.717) is 18.8 Å². The maximum atomic E-state index is 14.2. The van der Waals surface area contributed by atoms with Crippen molar-refractivity contribution in [1.82, 2.24) is 9.21 Å². The van der Waals surface area contributed by atoms with Crippen LogP contribution in [0.25, 0.3) is 0 Å². The van der Waals surface area contributed by atoms with E-state index in [1.54, 1.807) is 19.2 Å². The Kier molecular flexibility index (Phi) is 5.43. The van der Waals surface area contributed by atoms with E-state index in [9.17, 15) is 17.6 Å². The van der Waals surface area contributed by atoms with Gasteiger partial charge in [-0.25, -0.2) is 12.8 Å². The summed E-state index contributed by atoms with van der Waals surface area (Å²) in [7, 11) is -2.38. The van der Waals surface area contributed by atoms with Crippen molar-refractivity contribution in [2.75, 3.05) is 20.1 Å². The summed E-state index contributed by atoms with van der Waals surface area (Å²) in [4.78, 5) is 13.5. The van der Waals surface area contributed by atoms with Crippen molar-refractivity contribution in [2.45, 2.75) is 30.7 Å². The second-order valence-electron chi connectivity index (χ2n) is 6.35. The van der Waals surface area contributed by atoms with Crippen LogP contribution in [0.5, 0.6) is 0 Å². The Morgan fingerprint density at radius 2 is 1.96 bits per heavy atom. The Bertz CT molecular complexity index is 875. The van der Waals surface area contributed by atoms with Crippen LogP contribution in [0.3, 0.4) is 0 Å². The van der Waals surface area contributed by atoms with Crippen LogP contribution in [0.1, 0.15) is 35.4 Å². The van der Waals surface area contributed by atoms with Gasteiger partial charge in [0.2, 0.25) is 10.0 Å². The minimum Gasteiger partial charge on any atom is -0.467 e. The number of piperidine rings is 1. The normalized spacial score (nSPS) is 15.8. The standard InChI is InChI=1S/C18H21FN2O4S/c1-20(13-15-6-5-11-25-15)18(22)14-7-8-16(19)17(12-14)26(23,24)21-9-3-2-4-10-21/h5-8,11-12H,2-4,9-10,13H2,1H3. The summed E-state index contributed by atoms with van der Waals surface area (Å²) in [6.07, 6.45) is 3.98. The predicted octanol–water partition coefficient (Wildman–Crippen LogP) is 2.87. The van der Waals surface area contributed by atoms with Crippen LogP contribution in [0, 0.1) is 5.82 Å². The number of furan rings is 1. The number of hydrogen-bond donors (Lipinski definition) is 0. The van der Waals surface area contributed by atoms with Crippen molar-refractivity contribution in [2.24, 2.45) is 0 Å². The molecular weight excluding hydrogens is 359 g/mol. The summed E-state index contributed by atoms with van der Waals surface area (Å²) >= 11 is 0. The van der Waals surface area contributed by atoms with Gasteiger partial charge in [0.05, 0.1) is 12.8 Å². The molecule has 1 aliphatic rings. The largest absolute Gasteiger partial charge is 0.467 e. The number of rotatable bonds is 5. The van der Waals surface area contributed by atoms with Crippen LogP contribution in [0.2, 0.25) is 0 Å². The molecule has 0 spiro atoms. The molecule has 0 N–H and O–H groups in total. The molecule has 0 aliphatic carbocycles. The van der Waals surface area contributed by atoms with E-state index >= 15 is 0 Å². The van der Waals surface area contributed by atoms with Gasteiger partial charge in [0.25, 0.3) is 5.91 Å². The molecule has 1 fully saturated rings. The number of carbonyl (C=O) groups excluding carboxylic acids is 1. The van der Waals surface area contributed by atoms with Gasteiger partial charge in [0.1, 0.15) is 16.5 Å². The van der Waals surface area contributed by atoms with E-state index in [1.807, 2.05) is 0 Å². The van der Waals surface area contributed by atoms with Crippen molar-refractivity contribution in [3.63, 3.8) is 0 Å². The molecule has 6 nitrogen and oxygen atoms in total. The molecule has 0 saturated carbocycles. The van der Waals surface area contributed by atoms with Crippen LogP contribution >= 0.6 is 0 Å². The first kappa shape index (κ1) is 18.6. The predicted molar refractivity (Wildman–Crippen MR) is 93.5 cm³/mol. The first-order valence-electron chi connectivity index (χ1n) is 8.47. The zero-order valence-electron chi connectivity index (χ0n) is 14.5. The number of amides is 1. The van der Waals surface area contributed by atoms with E-state index in [2.05, 4.69) is 0 Å². The second kappa shape index (κ2) is 7.59. The third kappa shape index (κ3) is 3.81. The lowest BCUT2D eigenvalue weighted by atomic mass is 10.2. The van der Waals surface area contributed by atoms with E-state index < -0.39 is 26.6 Å². The molecule has 0 unspecified atom stereocenters. The zero-order chi connectivity index (χ0) is 18.7. The lowest BCUT2D eigenvalue weighted by Gasteiger charge is -2.26. The maximum Gasteiger partial charge on any atom is 0.254 e. The third-order valence-electron chi connectivity index (χ3n) is 4.43. The third-order valence-corrected chi connectivity index (χ3v) is 6.34. The number of sulfonamides is 1. The van der Waals surface area contributed by atoms with Gasteiger partial charge in [-0.1, -0.05) is 6.42 Å². The number of halogens is 1. The number of carbonyl (C=O) groups is 1. The summed E-state index contributed by atoms with van der Waals surface area (Å²) in [5.41, 5.74) is 0.121. The number of benzene rings is 1. The van der Waals surface area contributed by atoms with Crippen LogP contribution < -0.4 is 0 Å². The van der Waals surface area contributed by atoms with Crippen molar-refractivity contribution in [1.29, 1.82) is 0 Å². The van der Waals surface area contributed by atoms with Gasteiger partial charge in [0, 0.05) is 25.7 Å². The highest BCUT2D eigenvalue weighted by Gasteiger charge is 2.29. The number of nitrogens with zero attached hydrogens (tertiary/aromatic N) is 2. The fourth-order valence-corrected chi connectivity index (χ4v) is 4.61. The Labute approximate surface area is 152 Å². The van der Waals surface area contributed by atoms with Gasteiger partial charge in [-0.2, -0.15) is 4.31 Å². The molecule has 2 heterocycles. The fraction of sp³-hybridized carbons (Fsp3) is 0.389. The summed E-state index contributed by atoms with van der Waals surface area (Å²) in [5, 5.41) is 0. The van der Waals surface area contributed by atoms with Gasteiger partial charge >= 0.3 is 0 Å². The number of hydrogen-bond acceptors (Lipinski definition) is 4. The van der Waals surface area contributed by atoms with Gasteiger partial charge in [-0.05, 0) is 43.2 Å². The Balaban J connectivity index is 1.86. The average molecular weight is 380 g/mol. The quantitative estimate of drug-likeness (QED) is 0.800. The highest BCUT2D eigenvalue weighted by Crippen LogP contribution is 2.24. The molecule has 0 atom stereocenters. The van der Waals surface area contributed by atoms with Crippen molar-refractivity contribution in [3.8, 4) is 0 Å². The Hall–Kier alpha value is -2.19. The van der Waals surface area contributed by atoms with E-state index in [1.165, 1.54) is 21.5 Å². The summed E-state index contributed by atoms with van der Waals surface area (Å²) in [6, 6.07) is 6.91. The fourth-order valence-electron chi connectivity index (χ4n) is 3.01.